The van der Waals surface area contributed by atoms with Gasteiger partial charge < -0.3 is 29.7 Å². The summed E-state index contributed by atoms with van der Waals surface area (Å²) >= 11 is 0. The van der Waals surface area contributed by atoms with E-state index in [-0.39, 0.29) is 23.7 Å². The second-order valence-corrected chi connectivity index (χ2v) is 11.2. The van der Waals surface area contributed by atoms with E-state index in [4.69, 9.17) is 14.2 Å². The van der Waals surface area contributed by atoms with Gasteiger partial charge in [-0.1, -0.05) is 44.2 Å². The SMILES string of the molecule is COc1ccc(C2C3=C(CC(C)(C)CC3=O)Nc3ccccc3N2CC(=O)NCc2ccccc2OC)c(OC)c1. The van der Waals surface area contributed by atoms with E-state index in [0.29, 0.717) is 42.2 Å². The molecule has 1 heterocycles. The first-order chi connectivity index (χ1) is 19.7. The van der Waals surface area contributed by atoms with Gasteiger partial charge in [0.15, 0.2) is 5.78 Å². The first kappa shape index (κ1) is 28.1. The van der Waals surface area contributed by atoms with Crippen LogP contribution in [0.3, 0.4) is 0 Å². The zero-order valence-corrected chi connectivity index (χ0v) is 24.2. The van der Waals surface area contributed by atoms with Gasteiger partial charge in [-0.25, -0.2) is 0 Å². The first-order valence-corrected chi connectivity index (χ1v) is 13.7. The van der Waals surface area contributed by atoms with Crippen molar-refractivity contribution in [2.24, 2.45) is 5.41 Å². The maximum absolute atomic E-state index is 14.0. The van der Waals surface area contributed by atoms with Gasteiger partial charge in [-0.15, -0.1) is 0 Å². The number of carbonyl (C=O) groups is 2. The third-order valence-corrected chi connectivity index (χ3v) is 7.72. The number of nitrogens with one attached hydrogen (secondary N) is 2. The molecule has 3 aromatic rings. The number of rotatable bonds is 8. The number of carbonyl (C=O) groups excluding carboxylic acids is 2. The summed E-state index contributed by atoms with van der Waals surface area (Å²) in [6.45, 7) is 4.55. The zero-order chi connectivity index (χ0) is 29.1. The second kappa shape index (κ2) is 11.6. The molecule has 8 heteroatoms. The highest BCUT2D eigenvalue weighted by Crippen LogP contribution is 2.49. The van der Waals surface area contributed by atoms with Crippen molar-refractivity contribution in [2.45, 2.75) is 39.3 Å². The van der Waals surface area contributed by atoms with Crippen molar-refractivity contribution in [3.8, 4) is 17.2 Å². The van der Waals surface area contributed by atoms with Gasteiger partial charge in [0, 0.05) is 41.4 Å². The summed E-state index contributed by atoms with van der Waals surface area (Å²) in [4.78, 5) is 29.6. The number of hydrogen-bond acceptors (Lipinski definition) is 7. The van der Waals surface area contributed by atoms with Crippen molar-refractivity contribution in [3.05, 3.63) is 89.1 Å². The van der Waals surface area contributed by atoms with Crippen LogP contribution in [0.5, 0.6) is 17.2 Å². The van der Waals surface area contributed by atoms with Crippen molar-refractivity contribution in [1.82, 2.24) is 5.32 Å². The summed E-state index contributed by atoms with van der Waals surface area (Å²) < 4.78 is 16.8. The molecule has 5 rings (SSSR count). The van der Waals surface area contributed by atoms with Gasteiger partial charge in [0.2, 0.25) is 5.91 Å². The summed E-state index contributed by atoms with van der Waals surface area (Å²) in [5.41, 5.74) is 4.66. The molecule has 2 N–H and O–H groups in total. The van der Waals surface area contributed by atoms with Gasteiger partial charge in [-0.05, 0) is 42.2 Å². The maximum atomic E-state index is 14.0. The Labute approximate surface area is 241 Å². The van der Waals surface area contributed by atoms with Crippen molar-refractivity contribution in [1.29, 1.82) is 0 Å². The van der Waals surface area contributed by atoms with Crippen molar-refractivity contribution < 1.29 is 23.8 Å². The van der Waals surface area contributed by atoms with E-state index in [1.807, 2.05) is 71.6 Å². The Kier molecular flexibility index (Phi) is 7.92. The number of Topliss-reactive ketones (excluding diaryl/α,β-unsaturated/α-hetero) is 1. The van der Waals surface area contributed by atoms with E-state index in [0.717, 1.165) is 28.2 Å². The molecule has 214 valence electrons. The topological polar surface area (TPSA) is 89.1 Å². The van der Waals surface area contributed by atoms with E-state index in [2.05, 4.69) is 24.5 Å². The minimum absolute atomic E-state index is 0.0150. The van der Waals surface area contributed by atoms with E-state index in [1.165, 1.54) is 0 Å². The van der Waals surface area contributed by atoms with E-state index < -0.39 is 6.04 Å². The minimum atomic E-state index is -0.567. The van der Waals surface area contributed by atoms with Crippen LogP contribution in [0, 0.1) is 5.41 Å². The molecule has 0 saturated carbocycles. The Morgan fingerprint density at radius 2 is 1.68 bits per heavy atom. The molecule has 1 aliphatic carbocycles. The fraction of sp³-hybridized carbons (Fsp3) is 0.333. The fourth-order valence-electron chi connectivity index (χ4n) is 5.85. The smallest absolute Gasteiger partial charge is 0.239 e. The molecule has 0 bridgehead atoms. The molecule has 0 saturated heterocycles. The Morgan fingerprint density at radius 3 is 2.44 bits per heavy atom. The number of fused-ring (bicyclic) bond motifs is 1. The maximum Gasteiger partial charge on any atom is 0.239 e. The van der Waals surface area contributed by atoms with Crippen LogP contribution in [-0.4, -0.2) is 39.6 Å². The summed E-state index contributed by atoms with van der Waals surface area (Å²) in [5.74, 6) is 1.81. The van der Waals surface area contributed by atoms with Crippen LogP contribution >= 0.6 is 0 Å². The number of anilines is 2. The Balaban J connectivity index is 1.61. The number of ketones is 1. The number of amides is 1. The first-order valence-electron chi connectivity index (χ1n) is 13.7. The molecule has 1 amide bonds. The van der Waals surface area contributed by atoms with E-state index >= 15 is 0 Å². The summed E-state index contributed by atoms with van der Waals surface area (Å²) in [6, 6.07) is 20.5. The molecule has 41 heavy (non-hydrogen) atoms. The lowest BCUT2D eigenvalue weighted by atomic mass is 9.73. The number of benzene rings is 3. The molecule has 0 aromatic heterocycles. The molecule has 0 spiro atoms. The van der Waals surface area contributed by atoms with Crippen LogP contribution in [0.1, 0.15) is 43.9 Å². The van der Waals surface area contributed by atoms with Crippen LogP contribution in [0.15, 0.2) is 78.0 Å². The predicted octanol–water partition coefficient (Wildman–Crippen LogP) is 5.65. The number of para-hydroxylation sites is 3. The highest BCUT2D eigenvalue weighted by Gasteiger charge is 2.42. The number of methoxy groups -OCH3 is 3. The molecule has 1 atom stereocenters. The molecule has 3 aromatic carbocycles. The minimum Gasteiger partial charge on any atom is -0.497 e. The molecule has 8 nitrogen and oxygen atoms in total. The largest absolute Gasteiger partial charge is 0.497 e. The van der Waals surface area contributed by atoms with Crippen LogP contribution < -0.4 is 29.7 Å². The quantitative estimate of drug-likeness (QED) is 0.372. The van der Waals surface area contributed by atoms with E-state index in [1.54, 1.807) is 21.3 Å². The molecular weight excluding hydrogens is 518 g/mol. The van der Waals surface area contributed by atoms with Crippen LogP contribution in [-0.2, 0) is 16.1 Å². The molecule has 2 aliphatic rings. The Morgan fingerprint density at radius 1 is 0.951 bits per heavy atom. The molecule has 0 fully saturated rings. The third kappa shape index (κ3) is 5.73. The van der Waals surface area contributed by atoms with Crippen LogP contribution in [0.2, 0.25) is 0 Å². The Bertz CT molecular complexity index is 1500. The third-order valence-electron chi connectivity index (χ3n) is 7.72. The standard InChI is InChI=1S/C33H37N3O5/c1-33(2)17-25-31(27(37)18-33)32(23-15-14-22(39-3)16-29(23)41-5)36(26-12-8-7-11-24(26)35-25)20-30(38)34-19-21-10-6-9-13-28(21)40-4/h6-16,32,35H,17-20H2,1-5H3,(H,34,38). The Hall–Kier alpha value is -4.46. The van der Waals surface area contributed by atoms with Gasteiger partial charge in [-0.2, -0.15) is 0 Å². The molecular formula is C33H37N3O5. The molecule has 0 radical (unpaired) electrons. The highest BCUT2D eigenvalue weighted by molar-refractivity contribution is 6.02. The van der Waals surface area contributed by atoms with Gasteiger partial charge in [0.1, 0.15) is 17.2 Å². The van der Waals surface area contributed by atoms with Gasteiger partial charge in [0.05, 0.1) is 45.3 Å². The lowest BCUT2D eigenvalue weighted by Gasteiger charge is -2.38. The monoisotopic (exact) mass is 555 g/mol. The summed E-state index contributed by atoms with van der Waals surface area (Å²) in [5, 5.41) is 6.64. The number of hydrogen-bond donors (Lipinski definition) is 2. The van der Waals surface area contributed by atoms with Gasteiger partial charge in [0.25, 0.3) is 0 Å². The summed E-state index contributed by atoms with van der Waals surface area (Å²) in [6.07, 6.45) is 1.11. The fourth-order valence-corrected chi connectivity index (χ4v) is 5.85. The van der Waals surface area contributed by atoms with Crippen LogP contribution in [0.25, 0.3) is 0 Å². The molecule has 1 aliphatic heterocycles. The lowest BCUT2D eigenvalue weighted by molar-refractivity contribution is -0.121. The summed E-state index contributed by atoms with van der Waals surface area (Å²) in [7, 11) is 4.82. The number of ether oxygens (including phenoxy) is 3. The van der Waals surface area contributed by atoms with Crippen molar-refractivity contribution >= 4 is 23.1 Å². The average Bonchev–Trinajstić information content (AvgIpc) is 3.09. The van der Waals surface area contributed by atoms with Crippen LogP contribution in [0.4, 0.5) is 11.4 Å². The van der Waals surface area contributed by atoms with Crippen molar-refractivity contribution in [3.63, 3.8) is 0 Å². The van der Waals surface area contributed by atoms with Gasteiger partial charge >= 0.3 is 0 Å². The molecule has 1 unspecified atom stereocenters. The predicted molar refractivity (Wildman–Crippen MR) is 160 cm³/mol. The number of nitrogens with zero attached hydrogens (tertiary/aromatic N) is 1. The lowest BCUT2D eigenvalue weighted by Crippen LogP contribution is -2.42. The zero-order valence-electron chi connectivity index (χ0n) is 24.2. The normalized spacial score (nSPS) is 17.5. The van der Waals surface area contributed by atoms with E-state index in [9.17, 15) is 9.59 Å². The van der Waals surface area contributed by atoms with Crippen molar-refractivity contribution in [2.75, 3.05) is 38.1 Å². The highest BCUT2D eigenvalue weighted by atomic mass is 16.5. The number of allylic oxidation sites excluding steroid dienone is 1. The van der Waals surface area contributed by atoms with Gasteiger partial charge in [-0.3, -0.25) is 9.59 Å². The second-order valence-electron chi connectivity index (χ2n) is 11.2. The average molecular weight is 556 g/mol.